The molecule has 9 rings (SSSR count). The Morgan fingerprint density at radius 1 is 0.523 bits per heavy atom. The fraction of sp³-hybridized carbons (Fsp3) is 0.0976. The van der Waals surface area contributed by atoms with Crippen molar-refractivity contribution in [2.24, 2.45) is 0 Å². The summed E-state index contributed by atoms with van der Waals surface area (Å²) < 4.78 is 3.97. The monoisotopic (exact) mass is 599 g/mol. The van der Waals surface area contributed by atoms with Gasteiger partial charge in [-0.1, -0.05) is 118 Å². The molecule has 3 heterocycles. The van der Waals surface area contributed by atoms with E-state index >= 15 is 0 Å². The molecule has 1 aliphatic rings. The summed E-state index contributed by atoms with van der Waals surface area (Å²) in [5.41, 5.74) is 12.8. The lowest BCUT2D eigenvalue weighted by Gasteiger charge is -2.22. The summed E-state index contributed by atoms with van der Waals surface area (Å²) in [6.45, 7) is 6.91. The van der Waals surface area contributed by atoms with Gasteiger partial charge in [-0.05, 0) is 67.8 Å². The minimum absolute atomic E-state index is 0.0164. The van der Waals surface area contributed by atoms with Crippen molar-refractivity contribution in [1.29, 1.82) is 0 Å². The number of fused-ring (bicyclic) bond motifs is 13. The summed E-state index contributed by atoms with van der Waals surface area (Å²) in [5, 5.41) is 3.88. The van der Waals surface area contributed by atoms with Gasteiger partial charge >= 0.3 is 0 Å². The minimum Gasteiger partial charge on any atom is -0.255 e. The lowest BCUT2D eigenvalue weighted by atomic mass is 9.82. The molecule has 0 unspecified atom stereocenters. The molecule has 3 aromatic heterocycles. The van der Waals surface area contributed by atoms with E-state index in [-0.39, 0.29) is 5.41 Å². The first kappa shape index (κ1) is 25.9. The Morgan fingerprint density at radius 3 is 1.82 bits per heavy atom. The zero-order valence-electron chi connectivity index (χ0n) is 24.8. The van der Waals surface area contributed by atoms with Crippen LogP contribution < -0.4 is 0 Å². The quantitative estimate of drug-likeness (QED) is 0.183. The smallest absolute Gasteiger partial charge is 0.0881 e. The van der Waals surface area contributed by atoms with Crippen LogP contribution in [0.15, 0.2) is 121 Å². The maximum atomic E-state index is 5.05. The first-order valence-corrected chi connectivity index (χ1v) is 16.8. The highest BCUT2D eigenvalue weighted by Gasteiger charge is 2.28. The molecule has 8 aromatic rings. The number of rotatable bonds is 1. The van der Waals surface area contributed by atoms with Gasteiger partial charge in [0.05, 0.1) is 19.8 Å². The fourth-order valence-corrected chi connectivity index (χ4v) is 9.96. The molecule has 0 atom stereocenters. The van der Waals surface area contributed by atoms with Crippen LogP contribution in [0.3, 0.4) is 0 Å². The van der Waals surface area contributed by atoms with E-state index in [0.717, 1.165) is 5.69 Å². The second kappa shape index (κ2) is 9.46. The number of aromatic nitrogens is 1. The minimum atomic E-state index is 0.0164. The lowest BCUT2D eigenvalue weighted by Crippen LogP contribution is -2.12. The fourth-order valence-electron chi connectivity index (χ4n) is 7.04. The van der Waals surface area contributed by atoms with E-state index in [0.29, 0.717) is 0 Å². The van der Waals surface area contributed by atoms with Crippen molar-refractivity contribution in [3.63, 3.8) is 0 Å². The predicted octanol–water partition coefficient (Wildman–Crippen LogP) is 12.6. The Bertz CT molecular complexity index is 2430. The van der Waals surface area contributed by atoms with E-state index in [1.54, 1.807) is 0 Å². The maximum absolute atomic E-state index is 5.05. The molecule has 0 saturated carbocycles. The van der Waals surface area contributed by atoms with Gasteiger partial charge < -0.3 is 0 Å². The number of benzene rings is 5. The van der Waals surface area contributed by atoms with Crippen LogP contribution in [0.4, 0.5) is 0 Å². The van der Waals surface area contributed by atoms with Crippen LogP contribution in [0.25, 0.3) is 85.3 Å². The molecule has 1 nitrogen and oxygen atoms in total. The summed E-state index contributed by atoms with van der Waals surface area (Å²) in [5.74, 6) is 0. The van der Waals surface area contributed by atoms with Crippen LogP contribution in [-0.2, 0) is 5.41 Å². The van der Waals surface area contributed by atoms with Crippen molar-refractivity contribution in [3.05, 3.63) is 127 Å². The zero-order chi connectivity index (χ0) is 29.6. The highest BCUT2D eigenvalue weighted by atomic mass is 32.1. The van der Waals surface area contributed by atoms with Crippen molar-refractivity contribution >= 4 is 52.9 Å². The molecule has 44 heavy (non-hydrogen) atoms. The van der Waals surface area contributed by atoms with Gasteiger partial charge in [-0.3, -0.25) is 4.98 Å². The summed E-state index contributed by atoms with van der Waals surface area (Å²) in [6.07, 6.45) is 2.00. The number of pyridine rings is 1. The van der Waals surface area contributed by atoms with E-state index in [4.69, 9.17) is 4.98 Å². The zero-order valence-corrected chi connectivity index (χ0v) is 26.4. The summed E-state index contributed by atoms with van der Waals surface area (Å²) in [6, 6.07) is 42.5. The molecule has 0 saturated heterocycles. The van der Waals surface area contributed by atoms with E-state index in [2.05, 4.69) is 136 Å². The first-order chi connectivity index (χ1) is 21.5. The topological polar surface area (TPSA) is 12.9 Å². The Kier molecular flexibility index (Phi) is 5.57. The lowest BCUT2D eigenvalue weighted by molar-refractivity contribution is 0.596. The molecule has 0 aliphatic heterocycles. The van der Waals surface area contributed by atoms with Gasteiger partial charge in [0.15, 0.2) is 0 Å². The third-order valence-electron chi connectivity index (χ3n) is 9.04. The summed E-state index contributed by atoms with van der Waals surface area (Å²) in [4.78, 5) is 6.40. The third-order valence-corrected chi connectivity index (χ3v) is 11.7. The first-order valence-electron chi connectivity index (χ1n) is 15.1. The number of nitrogens with zero attached hydrogens (tertiary/aromatic N) is 1. The average Bonchev–Trinajstić information content (AvgIpc) is 3.59. The predicted molar refractivity (Wildman–Crippen MR) is 192 cm³/mol. The van der Waals surface area contributed by atoms with Gasteiger partial charge in [0.25, 0.3) is 0 Å². The molecule has 0 spiro atoms. The van der Waals surface area contributed by atoms with Crippen LogP contribution in [0.2, 0.25) is 0 Å². The van der Waals surface area contributed by atoms with Gasteiger partial charge in [-0.2, -0.15) is 0 Å². The van der Waals surface area contributed by atoms with Gasteiger partial charge in [-0.25, -0.2) is 0 Å². The molecule has 5 aromatic carbocycles. The van der Waals surface area contributed by atoms with Gasteiger partial charge in [0.2, 0.25) is 0 Å². The van der Waals surface area contributed by atoms with E-state index in [9.17, 15) is 0 Å². The molecule has 3 heteroatoms. The number of hydrogen-bond acceptors (Lipinski definition) is 3. The van der Waals surface area contributed by atoms with Crippen LogP contribution in [0, 0.1) is 0 Å². The van der Waals surface area contributed by atoms with E-state index in [1.807, 2.05) is 28.9 Å². The normalized spacial score (nSPS) is 12.4. The van der Waals surface area contributed by atoms with Gasteiger partial charge in [-0.15, -0.1) is 22.7 Å². The maximum Gasteiger partial charge on any atom is 0.0881 e. The van der Waals surface area contributed by atoms with E-state index < -0.39 is 0 Å². The molecule has 0 N–H and O–H groups in total. The SMILES string of the molecule is CC(C)(C)c1cc(-c2nccc3c2sc2c4c(sc23)-c2ccccc2-c2ccccc2-c2ccccc2-4)cc2ccccc12. The highest BCUT2D eigenvalue weighted by Crippen LogP contribution is 2.57. The van der Waals surface area contributed by atoms with E-state index in [1.165, 1.54) is 85.2 Å². The third kappa shape index (κ3) is 3.73. The van der Waals surface area contributed by atoms with Crippen molar-refractivity contribution in [3.8, 4) is 55.1 Å². The number of thiophene rings is 2. The van der Waals surface area contributed by atoms with Gasteiger partial charge in [0, 0.05) is 33.2 Å². The molecular weight excluding hydrogens is 571 g/mol. The average molecular weight is 600 g/mol. The highest BCUT2D eigenvalue weighted by molar-refractivity contribution is 7.35. The van der Waals surface area contributed by atoms with Crippen LogP contribution in [0.1, 0.15) is 26.3 Å². The van der Waals surface area contributed by atoms with Crippen LogP contribution in [0.5, 0.6) is 0 Å². The van der Waals surface area contributed by atoms with Crippen molar-refractivity contribution < 1.29 is 0 Å². The Morgan fingerprint density at radius 2 is 1.11 bits per heavy atom. The van der Waals surface area contributed by atoms with Crippen molar-refractivity contribution in [2.75, 3.05) is 0 Å². The van der Waals surface area contributed by atoms with Crippen molar-refractivity contribution in [2.45, 2.75) is 26.2 Å². The largest absolute Gasteiger partial charge is 0.255 e. The molecule has 0 radical (unpaired) electrons. The Hall–Kier alpha value is -4.57. The van der Waals surface area contributed by atoms with Gasteiger partial charge in [0.1, 0.15) is 0 Å². The van der Waals surface area contributed by atoms with Crippen molar-refractivity contribution in [1.82, 2.24) is 4.98 Å². The van der Waals surface area contributed by atoms with Crippen LogP contribution in [-0.4, -0.2) is 4.98 Å². The molecule has 1 aliphatic carbocycles. The molecule has 0 bridgehead atoms. The second-order valence-corrected chi connectivity index (χ2v) is 14.8. The number of hydrogen-bond donors (Lipinski definition) is 0. The van der Waals surface area contributed by atoms with Crippen LogP contribution >= 0.6 is 22.7 Å². The standard InChI is InChI=1S/C41H29NS2/c1-41(2,3)34-23-25(22-24-12-4-5-13-26(24)34)36-38-33(20-21-42-36)39-40(44-38)35-31-18-10-8-16-29(31)27-14-6-7-15-28(27)30-17-9-11-19-32(30)37(35)43-39/h4-23H,1-3H3. The Balaban J connectivity index is 1.37. The molecule has 210 valence electrons. The molecular formula is C41H29NS2. The Labute approximate surface area is 265 Å². The molecule has 0 amide bonds. The summed E-state index contributed by atoms with van der Waals surface area (Å²) >= 11 is 3.84. The second-order valence-electron chi connectivity index (χ2n) is 12.7. The molecule has 0 fully saturated rings. The summed E-state index contributed by atoms with van der Waals surface area (Å²) in [7, 11) is 0.